The minimum Gasteiger partial charge on any atom is -0.394 e. The number of ether oxygens (including phenoxy) is 1. The van der Waals surface area contributed by atoms with E-state index in [4.69, 9.17) is 21.4 Å². The predicted molar refractivity (Wildman–Crippen MR) is 89.1 cm³/mol. The molecule has 2 aromatic rings. The van der Waals surface area contributed by atoms with Crippen LogP contribution in [0.2, 0.25) is 0 Å². The Morgan fingerprint density at radius 3 is 2.59 bits per heavy atom. The van der Waals surface area contributed by atoms with Gasteiger partial charge in [-0.25, -0.2) is 0 Å². The van der Waals surface area contributed by atoms with Gasteiger partial charge in [0.1, 0.15) is 0 Å². The SMILES string of the molecule is CC(COCCO)C(Cl)c1ccc(Cc2cccnc2)cc1. The van der Waals surface area contributed by atoms with Crippen LogP contribution < -0.4 is 0 Å². The van der Waals surface area contributed by atoms with Crippen molar-refractivity contribution in [3.05, 3.63) is 65.5 Å². The average Bonchev–Trinajstić information content (AvgIpc) is 2.56. The number of aromatic nitrogens is 1. The third kappa shape index (κ3) is 5.09. The summed E-state index contributed by atoms with van der Waals surface area (Å²) >= 11 is 6.50. The number of pyridine rings is 1. The van der Waals surface area contributed by atoms with Crippen molar-refractivity contribution in [1.29, 1.82) is 0 Å². The summed E-state index contributed by atoms with van der Waals surface area (Å²) in [5.74, 6) is 0.192. The molecule has 2 atom stereocenters. The minimum atomic E-state index is -0.0915. The Morgan fingerprint density at radius 1 is 1.18 bits per heavy atom. The van der Waals surface area contributed by atoms with Gasteiger partial charge in [0.25, 0.3) is 0 Å². The summed E-state index contributed by atoms with van der Waals surface area (Å²) in [6, 6.07) is 12.4. The van der Waals surface area contributed by atoms with Gasteiger partial charge >= 0.3 is 0 Å². The van der Waals surface area contributed by atoms with E-state index in [2.05, 4.69) is 42.2 Å². The summed E-state index contributed by atoms with van der Waals surface area (Å²) in [4.78, 5) is 4.13. The Labute approximate surface area is 136 Å². The molecule has 2 rings (SSSR count). The molecule has 0 aliphatic carbocycles. The van der Waals surface area contributed by atoms with Gasteiger partial charge < -0.3 is 9.84 Å². The van der Waals surface area contributed by atoms with Gasteiger partial charge in [0.15, 0.2) is 0 Å². The molecule has 0 aliphatic rings. The van der Waals surface area contributed by atoms with Crippen molar-refractivity contribution in [3.8, 4) is 0 Å². The van der Waals surface area contributed by atoms with Crippen LogP contribution >= 0.6 is 11.6 Å². The third-order valence-corrected chi connectivity index (χ3v) is 4.23. The van der Waals surface area contributed by atoms with Crippen molar-refractivity contribution in [2.75, 3.05) is 19.8 Å². The quantitative estimate of drug-likeness (QED) is 0.597. The van der Waals surface area contributed by atoms with Crippen LogP contribution in [-0.4, -0.2) is 29.9 Å². The van der Waals surface area contributed by atoms with Gasteiger partial charge in [-0.1, -0.05) is 37.3 Å². The van der Waals surface area contributed by atoms with E-state index >= 15 is 0 Å². The molecule has 0 fully saturated rings. The molecule has 118 valence electrons. The number of nitrogens with zero attached hydrogens (tertiary/aromatic N) is 1. The van der Waals surface area contributed by atoms with Gasteiger partial charge in [0, 0.05) is 12.4 Å². The highest BCUT2D eigenvalue weighted by atomic mass is 35.5. The molecular weight excluding hydrogens is 298 g/mol. The molecule has 1 aromatic heterocycles. The molecule has 0 spiro atoms. The number of rotatable bonds is 8. The molecule has 4 heteroatoms. The summed E-state index contributed by atoms with van der Waals surface area (Å²) in [7, 11) is 0. The van der Waals surface area contributed by atoms with Gasteiger partial charge in [-0.15, -0.1) is 11.6 Å². The van der Waals surface area contributed by atoms with Crippen LogP contribution in [0.4, 0.5) is 0 Å². The zero-order chi connectivity index (χ0) is 15.8. The van der Waals surface area contributed by atoms with Gasteiger partial charge in [0.05, 0.1) is 25.2 Å². The van der Waals surface area contributed by atoms with Gasteiger partial charge in [-0.05, 0) is 35.1 Å². The first kappa shape index (κ1) is 16.9. The first-order valence-electron chi connectivity index (χ1n) is 7.51. The third-order valence-electron chi connectivity index (χ3n) is 3.55. The van der Waals surface area contributed by atoms with Gasteiger partial charge in [-0.3, -0.25) is 4.98 Å². The summed E-state index contributed by atoms with van der Waals surface area (Å²) in [6.45, 7) is 3.01. The van der Waals surface area contributed by atoms with Crippen LogP contribution in [0.25, 0.3) is 0 Å². The zero-order valence-corrected chi connectivity index (χ0v) is 13.5. The molecular formula is C18H22ClNO2. The molecule has 22 heavy (non-hydrogen) atoms. The Bertz CT molecular complexity index is 545. The Balaban J connectivity index is 1.93. The van der Waals surface area contributed by atoms with E-state index < -0.39 is 0 Å². The second-order valence-electron chi connectivity index (χ2n) is 5.46. The Hall–Kier alpha value is -1.42. The highest BCUT2D eigenvalue weighted by Gasteiger charge is 2.16. The molecule has 3 nitrogen and oxygen atoms in total. The maximum Gasteiger partial charge on any atom is 0.0697 e. The van der Waals surface area contributed by atoms with E-state index in [0.29, 0.717) is 13.2 Å². The molecule has 2 unspecified atom stereocenters. The number of alkyl halides is 1. The topological polar surface area (TPSA) is 42.4 Å². The van der Waals surface area contributed by atoms with Crippen molar-refractivity contribution in [1.82, 2.24) is 4.98 Å². The maximum atomic E-state index is 8.72. The number of halogens is 1. The standard InChI is InChI=1S/C18H22ClNO2/c1-14(13-22-10-9-21)18(19)17-6-4-15(5-7-17)11-16-3-2-8-20-12-16/h2-8,12,14,18,21H,9-11,13H2,1H3. The largest absolute Gasteiger partial charge is 0.394 e. The molecule has 1 aromatic carbocycles. The molecule has 1 heterocycles. The van der Waals surface area contributed by atoms with Crippen molar-refractivity contribution >= 4 is 11.6 Å². The van der Waals surface area contributed by atoms with Crippen molar-refractivity contribution in [2.45, 2.75) is 18.7 Å². The number of aliphatic hydroxyl groups excluding tert-OH is 1. The van der Waals surface area contributed by atoms with Crippen molar-refractivity contribution < 1.29 is 9.84 Å². The summed E-state index contributed by atoms with van der Waals surface area (Å²) in [5.41, 5.74) is 3.53. The van der Waals surface area contributed by atoms with Crippen LogP contribution in [0.5, 0.6) is 0 Å². The van der Waals surface area contributed by atoms with Crippen molar-refractivity contribution in [3.63, 3.8) is 0 Å². The average molecular weight is 320 g/mol. The molecule has 0 amide bonds. The lowest BCUT2D eigenvalue weighted by molar-refractivity contribution is 0.0705. The number of benzene rings is 1. The van der Waals surface area contributed by atoms with E-state index in [9.17, 15) is 0 Å². The zero-order valence-electron chi connectivity index (χ0n) is 12.8. The molecule has 0 aliphatic heterocycles. The summed E-state index contributed by atoms with van der Waals surface area (Å²) in [6.07, 6.45) is 4.54. The minimum absolute atomic E-state index is 0.0444. The fraction of sp³-hybridized carbons (Fsp3) is 0.389. The second-order valence-corrected chi connectivity index (χ2v) is 5.93. The number of aliphatic hydroxyl groups is 1. The van der Waals surface area contributed by atoms with Crippen LogP contribution in [0.3, 0.4) is 0 Å². The predicted octanol–water partition coefficient (Wildman–Crippen LogP) is 3.60. The van der Waals surface area contributed by atoms with E-state index in [-0.39, 0.29) is 17.9 Å². The molecule has 0 saturated carbocycles. The Morgan fingerprint density at radius 2 is 1.95 bits per heavy atom. The smallest absolute Gasteiger partial charge is 0.0697 e. The number of hydrogen-bond acceptors (Lipinski definition) is 3. The lowest BCUT2D eigenvalue weighted by Crippen LogP contribution is -2.13. The van der Waals surface area contributed by atoms with Crippen LogP contribution in [0, 0.1) is 5.92 Å². The molecule has 0 saturated heterocycles. The highest BCUT2D eigenvalue weighted by molar-refractivity contribution is 6.21. The van der Waals surface area contributed by atoms with E-state index in [1.54, 1.807) is 6.20 Å². The van der Waals surface area contributed by atoms with E-state index in [1.165, 1.54) is 11.1 Å². The van der Waals surface area contributed by atoms with Crippen LogP contribution in [0.15, 0.2) is 48.8 Å². The monoisotopic (exact) mass is 319 g/mol. The maximum absolute atomic E-state index is 8.72. The lowest BCUT2D eigenvalue weighted by Gasteiger charge is -2.18. The fourth-order valence-corrected chi connectivity index (χ4v) is 2.52. The first-order chi connectivity index (χ1) is 10.7. The van der Waals surface area contributed by atoms with E-state index in [0.717, 1.165) is 12.0 Å². The molecule has 1 N–H and O–H groups in total. The first-order valence-corrected chi connectivity index (χ1v) is 7.94. The van der Waals surface area contributed by atoms with Crippen LogP contribution in [-0.2, 0) is 11.2 Å². The van der Waals surface area contributed by atoms with Crippen molar-refractivity contribution in [2.24, 2.45) is 5.92 Å². The Kier molecular flexibility index (Phi) is 6.84. The summed E-state index contributed by atoms with van der Waals surface area (Å²) < 4.78 is 5.35. The summed E-state index contributed by atoms with van der Waals surface area (Å²) in [5, 5.41) is 8.63. The van der Waals surface area contributed by atoms with Gasteiger partial charge in [0.2, 0.25) is 0 Å². The van der Waals surface area contributed by atoms with Gasteiger partial charge in [-0.2, -0.15) is 0 Å². The molecule has 0 bridgehead atoms. The highest BCUT2D eigenvalue weighted by Crippen LogP contribution is 2.29. The molecule has 0 radical (unpaired) electrons. The van der Waals surface area contributed by atoms with E-state index in [1.807, 2.05) is 12.3 Å². The normalized spacial score (nSPS) is 13.8. The lowest BCUT2D eigenvalue weighted by atomic mass is 9.98. The number of hydrogen-bond donors (Lipinski definition) is 1. The fourth-order valence-electron chi connectivity index (χ4n) is 2.30. The second kappa shape index (κ2) is 8.89. The van der Waals surface area contributed by atoms with Crippen LogP contribution in [0.1, 0.15) is 29.0 Å².